The van der Waals surface area contributed by atoms with Crippen molar-refractivity contribution in [2.45, 2.75) is 0 Å². The van der Waals surface area contributed by atoms with Crippen molar-refractivity contribution < 1.29 is 0 Å². The Kier molecular flexibility index (Phi) is 1.63. The van der Waals surface area contributed by atoms with Crippen molar-refractivity contribution >= 4 is 26.7 Å². The van der Waals surface area contributed by atoms with E-state index in [1.807, 2.05) is 23.2 Å². The van der Waals surface area contributed by atoms with Crippen molar-refractivity contribution in [1.29, 1.82) is 0 Å². The SMILES string of the molecule is Cn1cnc(=[SeH])c2c1ncn2C. The molecule has 12 heavy (non-hydrogen) atoms. The molecule has 0 spiro atoms. The molecule has 0 saturated carbocycles. The first-order valence-electron chi connectivity index (χ1n) is 3.55. The molecule has 1 radical (unpaired) electrons. The average molecular weight is 228 g/mol. The first-order chi connectivity index (χ1) is 5.70. The van der Waals surface area contributed by atoms with Gasteiger partial charge in [-0.2, -0.15) is 0 Å². The van der Waals surface area contributed by atoms with Gasteiger partial charge in [0.2, 0.25) is 0 Å². The summed E-state index contributed by atoms with van der Waals surface area (Å²) in [6.07, 6.45) is 3.56. The van der Waals surface area contributed by atoms with Gasteiger partial charge in [-0.25, -0.2) is 0 Å². The summed E-state index contributed by atoms with van der Waals surface area (Å²) in [5, 5.41) is 0. The first-order valence-corrected chi connectivity index (χ1v) is 4.48. The number of hydrogen-bond donors (Lipinski definition) is 0. The molecule has 0 aliphatic carbocycles. The molecule has 4 nitrogen and oxygen atoms in total. The third-order valence-electron chi connectivity index (χ3n) is 1.82. The summed E-state index contributed by atoms with van der Waals surface area (Å²) in [4.78, 5) is 8.47. The molecular formula is C7H9N4Se. The molecule has 0 unspecified atom stereocenters. The van der Waals surface area contributed by atoms with E-state index in [0.717, 1.165) is 15.4 Å². The first kappa shape index (κ1) is 7.70. The standard InChI is InChI=1S/C7H9N4Se/c1-10-3-8-6-5(10)7(12)9-4-11(6)2/h3-4,12H,1-2H3. The Morgan fingerprint density at radius 2 is 1.83 bits per heavy atom. The summed E-state index contributed by atoms with van der Waals surface area (Å²) < 4.78 is 4.83. The Balaban J connectivity index is 3.09. The molecule has 0 fully saturated rings. The number of fused-ring (bicyclic) bond motifs is 1. The number of aromatic nitrogens is 4. The molecule has 2 aromatic rings. The van der Waals surface area contributed by atoms with Gasteiger partial charge in [0, 0.05) is 0 Å². The van der Waals surface area contributed by atoms with Gasteiger partial charge < -0.3 is 0 Å². The molecular weight excluding hydrogens is 219 g/mol. The van der Waals surface area contributed by atoms with Crippen molar-refractivity contribution in [3.8, 4) is 0 Å². The summed E-state index contributed by atoms with van der Waals surface area (Å²) in [5.41, 5.74) is 2.03. The van der Waals surface area contributed by atoms with E-state index >= 15 is 0 Å². The van der Waals surface area contributed by atoms with Gasteiger partial charge >= 0.3 is 76.8 Å². The van der Waals surface area contributed by atoms with E-state index in [0.29, 0.717) is 0 Å². The van der Waals surface area contributed by atoms with Crippen molar-refractivity contribution in [3.63, 3.8) is 0 Å². The molecule has 0 aliphatic rings. The van der Waals surface area contributed by atoms with Gasteiger partial charge in [-0.1, -0.05) is 0 Å². The zero-order valence-electron chi connectivity index (χ0n) is 6.89. The molecule has 2 aromatic heterocycles. The van der Waals surface area contributed by atoms with Gasteiger partial charge in [0.15, 0.2) is 0 Å². The number of imidazole rings is 1. The minimum absolute atomic E-state index is 0.954. The van der Waals surface area contributed by atoms with Crippen LogP contribution >= 0.6 is 0 Å². The van der Waals surface area contributed by atoms with Crippen LogP contribution in [0, 0.1) is 4.19 Å². The van der Waals surface area contributed by atoms with Gasteiger partial charge in [-0.3, -0.25) is 0 Å². The van der Waals surface area contributed by atoms with Crippen LogP contribution in [0.25, 0.3) is 11.2 Å². The Labute approximate surface area is 77.2 Å². The molecule has 0 bridgehead atoms. The van der Waals surface area contributed by atoms with E-state index in [-0.39, 0.29) is 0 Å². The fraction of sp³-hybridized carbons (Fsp3) is 0.286. The maximum atomic E-state index is 4.25. The number of aryl methyl sites for hydroxylation is 2. The average Bonchev–Trinajstić information content (AvgIpc) is 2.42. The second-order valence-electron chi connectivity index (χ2n) is 2.71. The fourth-order valence-corrected chi connectivity index (χ4v) is 1.84. The quantitative estimate of drug-likeness (QED) is 0.582. The molecule has 0 aliphatic heterocycles. The predicted octanol–water partition coefficient (Wildman–Crippen LogP) is -0.260. The Morgan fingerprint density at radius 1 is 1.17 bits per heavy atom. The maximum absolute atomic E-state index is 4.25. The van der Waals surface area contributed by atoms with Crippen molar-refractivity contribution in [3.05, 3.63) is 16.8 Å². The third kappa shape index (κ3) is 0.940. The second kappa shape index (κ2) is 2.54. The Bertz CT molecular complexity index is 482. The van der Waals surface area contributed by atoms with Crippen LogP contribution in [-0.4, -0.2) is 34.7 Å². The molecule has 0 amide bonds. The van der Waals surface area contributed by atoms with Crippen LogP contribution < -0.4 is 0 Å². The number of nitrogens with zero attached hydrogens (tertiary/aromatic N) is 4. The summed E-state index contributed by atoms with van der Waals surface area (Å²) >= 11 is 2.45. The van der Waals surface area contributed by atoms with Crippen molar-refractivity contribution in [2.24, 2.45) is 14.1 Å². The zero-order chi connectivity index (χ0) is 8.72. The van der Waals surface area contributed by atoms with Crippen LogP contribution in [0.15, 0.2) is 12.7 Å². The van der Waals surface area contributed by atoms with E-state index in [2.05, 4.69) is 25.5 Å². The normalized spacial score (nSPS) is 10.8. The van der Waals surface area contributed by atoms with Crippen LogP contribution in [0.5, 0.6) is 0 Å². The summed E-state index contributed by atoms with van der Waals surface area (Å²) in [7, 11) is 3.91. The van der Waals surface area contributed by atoms with E-state index in [1.54, 1.807) is 12.7 Å². The molecule has 0 N–H and O–H groups in total. The van der Waals surface area contributed by atoms with Crippen molar-refractivity contribution in [2.75, 3.05) is 0 Å². The molecule has 0 aromatic carbocycles. The monoisotopic (exact) mass is 229 g/mol. The minimum atomic E-state index is 0.954. The molecule has 2 heterocycles. The predicted molar refractivity (Wildman–Crippen MR) is 47.9 cm³/mol. The Hall–Kier alpha value is -0.931. The van der Waals surface area contributed by atoms with Crippen LogP contribution in [0.4, 0.5) is 0 Å². The summed E-state index contributed by atoms with van der Waals surface area (Å²) in [5.74, 6) is 0. The summed E-state index contributed by atoms with van der Waals surface area (Å²) in [6.45, 7) is 0. The molecule has 5 heteroatoms. The van der Waals surface area contributed by atoms with Gasteiger partial charge in [0.05, 0.1) is 0 Å². The zero-order valence-corrected chi connectivity index (χ0v) is 8.77. The van der Waals surface area contributed by atoms with Gasteiger partial charge in [-0.05, 0) is 0 Å². The van der Waals surface area contributed by atoms with Gasteiger partial charge in [0.25, 0.3) is 0 Å². The van der Waals surface area contributed by atoms with Crippen LogP contribution in [-0.2, 0) is 14.1 Å². The fourth-order valence-electron chi connectivity index (χ4n) is 1.19. The van der Waals surface area contributed by atoms with Gasteiger partial charge in [0.1, 0.15) is 0 Å². The van der Waals surface area contributed by atoms with Crippen LogP contribution in [0.2, 0.25) is 0 Å². The number of rotatable bonds is 0. The van der Waals surface area contributed by atoms with Gasteiger partial charge in [-0.15, -0.1) is 0 Å². The van der Waals surface area contributed by atoms with E-state index < -0.39 is 0 Å². The number of hydrogen-bond acceptors (Lipinski definition) is 2. The van der Waals surface area contributed by atoms with Crippen LogP contribution in [0.3, 0.4) is 0 Å². The third-order valence-corrected chi connectivity index (χ3v) is 2.50. The summed E-state index contributed by atoms with van der Waals surface area (Å²) in [6, 6.07) is 0. The molecule has 2 rings (SSSR count). The second-order valence-corrected chi connectivity index (χ2v) is 3.60. The topological polar surface area (TPSA) is 35.6 Å². The molecule has 0 atom stereocenters. The van der Waals surface area contributed by atoms with E-state index in [9.17, 15) is 0 Å². The van der Waals surface area contributed by atoms with Crippen molar-refractivity contribution in [1.82, 2.24) is 19.1 Å². The Morgan fingerprint density at radius 3 is 2.50 bits per heavy atom. The van der Waals surface area contributed by atoms with E-state index in [4.69, 9.17) is 0 Å². The molecule has 63 valence electrons. The molecule has 0 saturated heterocycles. The van der Waals surface area contributed by atoms with Crippen LogP contribution in [0.1, 0.15) is 0 Å². The van der Waals surface area contributed by atoms with E-state index in [1.165, 1.54) is 0 Å².